The second kappa shape index (κ2) is 7.40. The van der Waals surface area contributed by atoms with Crippen LogP contribution in [-0.4, -0.2) is 35.5 Å². The molecule has 0 atom stereocenters. The zero-order valence-corrected chi connectivity index (χ0v) is 15.4. The van der Waals surface area contributed by atoms with E-state index >= 15 is 0 Å². The fraction of sp³-hybridized carbons (Fsp3) is 0.133. The monoisotopic (exact) mass is 414 g/mol. The number of hydrogen-bond donors (Lipinski definition) is 1. The van der Waals surface area contributed by atoms with Gasteiger partial charge in [-0.3, -0.25) is 0 Å². The van der Waals surface area contributed by atoms with Gasteiger partial charge in [-0.1, -0.05) is 0 Å². The van der Waals surface area contributed by atoms with Crippen LogP contribution in [-0.2, 0) is 21.4 Å². The van der Waals surface area contributed by atoms with E-state index in [-0.39, 0.29) is 15.5 Å². The van der Waals surface area contributed by atoms with E-state index in [1.807, 2.05) is 0 Å². The molecule has 3 heterocycles. The van der Waals surface area contributed by atoms with E-state index in [2.05, 4.69) is 15.3 Å². The van der Waals surface area contributed by atoms with Crippen molar-refractivity contribution in [3.63, 3.8) is 0 Å². The minimum atomic E-state index is -4.30. The largest absolute Gasteiger partial charge is 0.445 e. The van der Waals surface area contributed by atoms with Gasteiger partial charge in [-0.05, 0) is 12.1 Å². The van der Waals surface area contributed by atoms with Crippen molar-refractivity contribution in [3.05, 3.63) is 53.4 Å². The van der Waals surface area contributed by atoms with Gasteiger partial charge in [-0.2, -0.15) is 12.8 Å². The van der Waals surface area contributed by atoms with Gasteiger partial charge in [0.2, 0.25) is 10.3 Å². The van der Waals surface area contributed by atoms with E-state index in [4.69, 9.17) is 4.74 Å². The third-order valence-corrected chi connectivity index (χ3v) is 6.29. The molecule has 0 spiro atoms. The molecule has 0 saturated heterocycles. The van der Waals surface area contributed by atoms with Crippen molar-refractivity contribution in [1.29, 1.82) is 0 Å². The molecule has 1 amide bonds. The summed E-state index contributed by atoms with van der Waals surface area (Å²) in [5.41, 5.74) is -1.18. The van der Waals surface area contributed by atoms with Crippen LogP contribution in [0.5, 0.6) is 0 Å². The van der Waals surface area contributed by atoms with Crippen molar-refractivity contribution in [1.82, 2.24) is 19.3 Å². The molecule has 142 valence electrons. The quantitative estimate of drug-likeness (QED) is 0.643. The third-order valence-electron chi connectivity index (χ3n) is 3.45. The molecular weight excluding hydrogens is 402 g/mol. The number of nitrogens with zero attached hydrogens (tertiary/aromatic N) is 3. The van der Waals surface area contributed by atoms with Crippen LogP contribution in [0.15, 0.2) is 40.4 Å². The topological polar surface area (TPSA) is 103 Å². The van der Waals surface area contributed by atoms with E-state index < -0.39 is 40.2 Å². The SMILES string of the molecule is CNC(=O)OCc1cn(S(=O)(=O)c2nccs2)c(-c2cccnc2F)c1F. The lowest BCUT2D eigenvalue weighted by atomic mass is 10.2. The number of pyridine rings is 1. The van der Waals surface area contributed by atoms with Gasteiger partial charge < -0.3 is 10.1 Å². The Balaban J connectivity index is 2.19. The van der Waals surface area contributed by atoms with Gasteiger partial charge >= 0.3 is 6.09 Å². The first-order valence-corrected chi connectivity index (χ1v) is 9.68. The van der Waals surface area contributed by atoms with Crippen molar-refractivity contribution in [2.24, 2.45) is 0 Å². The number of carbonyl (C=O) groups excluding carboxylic acids is 1. The van der Waals surface area contributed by atoms with E-state index in [0.29, 0.717) is 3.97 Å². The number of alkyl carbamates (subject to hydrolysis) is 1. The lowest BCUT2D eigenvalue weighted by molar-refractivity contribution is 0.141. The Morgan fingerprint density at radius 2 is 2.11 bits per heavy atom. The minimum Gasteiger partial charge on any atom is -0.445 e. The highest BCUT2D eigenvalue weighted by atomic mass is 32.2. The zero-order chi connectivity index (χ0) is 19.6. The van der Waals surface area contributed by atoms with Crippen LogP contribution < -0.4 is 5.32 Å². The van der Waals surface area contributed by atoms with Crippen LogP contribution in [0.2, 0.25) is 0 Å². The summed E-state index contributed by atoms with van der Waals surface area (Å²) >= 11 is 0.823. The van der Waals surface area contributed by atoms with Gasteiger partial charge in [0.1, 0.15) is 12.3 Å². The normalized spacial score (nSPS) is 11.4. The summed E-state index contributed by atoms with van der Waals surface area (Å²) in [6.45, 7) is -0.555. The number of hydrogen-bond acceptors (Lipinski definition) is 7. The standard InChI is InChI=1S/C15H12F2N4O4S2/c1-18-14(22)25-8-9-7-21(27(23,24)15-20-5-6-26-15)12(11(9)16)10-3-2-4-19-13(10)17/h2-7H,8H2,1H3,(H,18,22). The Kier molecular flexibility index (Phi) is 5.19. The van der Waals surface area contributed by atoms with Crippen LogP contribution in [0.25, 0.3) is 11.3 Å². The maximum Gasteiger partial charge on any atom is 0.407 e. The highest BCUT2D eigenvalue weighted by Crippen LogP contribution is 2.32. The Morgan fingerprint density at radius 3 is 2.74 bits per heavy atom. The molecule has 0 aliphatic rings. The maximum absolute atomic E-state index is 15.0. The van der Waals surface area contributed by atoms with Gasteiger partial charge in [-0.15, -0.1) is 11.3 Å². The first-order valence-electron chi connectivity index (χ1n) is 7.36. The molecule has 0 aromatic carbocycles. The number of nitrogens with one attached hydrogen (secondary N) is 1. The number of halogens is 2. The molecule has 0 aliphatic carbocycles. The van der Waals surface area contributed by atoms with Crippen LogP contribution >= 0.6 is 11.3 Å². The second-order valence-corrected chi connectivity index (χ2v) is 7.97. The second-order valence-electron chi connectivity index (χ2n) is 5.08. The average Bonchev–Trinajstić information content (AvgIpc) is 3.29. The predicted molar refractivity (Wildman–Crippen MR) is 91.5 cm³/mol. The molecule has 3 aromatic heterocycles. The van der Waals surface area contributed by atoms with Crippen molar-refractivity contribution in [3.8, 4) is 11.3 Å². The average molecular weight is 414 g/mol. The van der Waals surface area contributed by atoms with E-state index in [0.717, 1.165) is 23.7 Å². The lowest BCUT2D eigenvalue weighted by Crippen LogP contribution is -2.19. The molecule has 0 saturated carbocycles. The molecule has 0 unspecified atom stereocenters. The number of amides is 1. The van der Waals surface area contributed by atoms with Crippen molar-refractivity contribution in [2.75, 3.05) is 7.05 Å². The maximum atomic E-state index is 15.0. The summed E-state index contributed by atoms with van der Waals surface area (Å²) in [5.74, 6) is -2.10. The van der Waals surface area contributed by atoms with Gasteiger partial charge in [0.25, 0.3) is 10.0 Å². The molecule has 0 bridgehead atoms. The first kappa shape index (κ1) is 18.9. The van der Waals surface area contributed by atoms with Crippen LogP contribution in [0.4, 0.5) is 13.6 Å². The first-order chi connectivity index (χ1) is 12.9. The molecule has 0 radical (unpaired) electrons. The minimum absolute atomic E-state index is 0.253. The molecule has 27 heavy (non-hydrogen) atoms. The molecule has 0 aliphatic heterocycles. The lowest BCUT2D eigenvalue weighted by Gasteiger charge is -2.08. The van der Waals surface area contributed by atoms with Crippen molar-refractivity contribution < 1.29 is 26.7 Å². The summed E-state index contributed by atoms with van der Waals surface area (Å²) in [7, 11) is -2.99. The van der Waals surface area contributed by atoms with Gasteiger partial charge in [-0.25, -0.2) is 23.1 Å². The summed E-state index contributed by atoms with van der Waals surface area (Å²) in [5, 5.41) is 3.62. The van der Waals surface area contributed by atoms with Crippen molar-refractivity contribution in [2.45, 2.75) is 10.9 Å². The summed E-state index contributed by atoms with van der Waals surface area (Å²) in [4.78, 5) is 18.4. The number of thiazole rings is 1. The van der Waals surface area contributed by atoms with Crippen LogP contribution in [0, 0.1) is 11.8 Å². The Bertz CT molecular complexity index is 1080. The van der Waals surface area contributed by atoms with E-state index in [9.17, 15) is 22.0 Å². The predicted octanol–water partition coefficient (Wildman–Crippen LogP) is 2.38. The zero-order valence-electron chi connectivity index (χ0n) is 13.7. The highest BCUT2D eigenvalue weighted by Gasteiger charge is 2.30. The fourth-order valence-electron chi connectivity index (χ4n) is 2.24. The molecule has 3 aromatic rings. The Hall–Kier alpha value is -2.86. The number of aromatic nitrogens is 3. The molecule has 12 heteroatoms. The highest BCUT2D eigenvalue weighted by molar-refractivity contribution is 7.92. The Morgan fingerprint density at radius 1 is 1.33 bits per heavy atom. The van der Waals surface area contributed by atoms with Crippen molar-refractivity contribution >= 4 is 27.5 Å². The summed E-state index contributed by atoms with van der Waals surface area (Å²) in [6, 6.07) is 2.53. The van der Waals surface area contributed by atoms with E-state index in [1.54, 1.807) is 0 Å². The Labute approximate surface area is 156 Å². The number of rotatable bonds is 5. The molecular formula is C15H12F2N4O4S2. The molecule has 3 rings (SSSR count). The van der Waals surface area contributed by atoms with Gasteiger partial charge in [0, 0.05) is 36.6 Å². The summed E-state index contributed by atoms with van der Waals surface area (Å²) < 4.78 is 59.9. The fourth-order valence-corrected chi connectivity index (χ4v) is 4.54. The number of carbonyl (C=O) groups is 1. The van der Waals surface area contributed by atoms with E-state index in [1.165, 1.54) is 30.8 Å². The van der Waals surface area contributed by atoms with Gasteiger partial charge in [0.15, 0.2) is 5.82 Å². The molecule has 0 fully saturated rings. The summed E-state index contributed by atoms with van der Waals surface area (Å²) in [6.07, 6.45) is 2.52. The molecule has 1 N–H and O–H groups in total. The smallest absolute Gasteiger partial charge is 0.407 e. The van der Waals surface area contributed by atoms with Crippen LogP contribution in [0.3, 0.4) is 0 Å². The van der Waals surface area contributed by atoms with Crippen LogP contribution in [0.1, 0.15) is 5.56 Å². The third kappa shape index (κ3) is 3.53. The number of ether oxygens (including phenoxy) is 1. The van der Waals surface area contributed by atoms with Gasteiger partial charge in [0.05, 0.1) is 5.56 Å². The molecule has 8 nitrogen and oxygen atoms in total.